The van der Waals surface area contributed by atoms with Gasteiger partial charge in [0, 0.05) is 0 Å². The molecule has 25 heavy (non-hydrogen) atoms. The molecule has 0 aliphatic carbocycles. The number of carbonyl (C=O) groups excluding carboxylic acids is 2. The highest BCUT2D eigenvalue weighted by molar-refractivity contribution is 6.40. The molecular weight excluding hydrogens is 316 g/mol. The molecule has 1 aliphatic heterocycles. The normalized spacial score (nSPS) is 19.4. The van der Waals surface area contributed by atoms with Crippen LogP contribution in [0.1, 0.15) is 25.3 Å². The standard InChI is InChI=1S/C20H20N2O3/c1-3-25-20(24)18-17(15-10-6-4-7-11-15)19(14(2)23)22(21-18)16-12-8-5-9-13-16/h4-13,17,19H,3H2,1-2H3. The molecule has 1 heterocycles. The third kappa shape index (κ3) is 3.31. The van der Waals surface area contributed by atoms with Crippen molar-refractivity contribution in [3.8, 4) is 0 Å². The van der Waals surface area contributed by atoms with E-state index in [0.29, 0.717) is 0 Å². The smallest absolute Gasteiger partial charge is 0.355 e. The molecule has 0 aromatic heterocycles. The van der Waals surface area contributed by atoms with Crippen LogP contribution >= 0.6 is 0 Å². The number of Topliss-reactive ketones (excluding diaryl/α,β-unsaturated/α-hetero) is 1. The molecular formula is C20H20N2O3. The fourth-order valence-electron chi connectivity index (χ4n) is 3.11. The van der Waals surface area contributed by atoms with Crippen LogP contribution in [0.5, 0.6) is 0 Å². The zero-order valence-corrected chi connectivity index (χ0v) is 14.3. The Bertz CT molecular complexity index is 787. The van der Waals surface area contributed by atoms with E-state index in [1.54, 1.807) is 11.9 Å². The average Bonchev–Trinajstić information content (AvgIpc) is 3.04. The van der Waals surface area contributed by atoms with Crippen molar-refractivity contribution in [1.82, 2.24) is 0 Å². The minimum atomic E-state index is -0.579. The van der Waals surface area contributed by atoms with Crippen LogP contribution in [0.3, 0.4) is 0 Å². The second-order valence-corrected chi connectivity index (χ2v) is 5.83. The molecule has 0 saturated carbocycles. The number of rotatable bonds is 5. The molecule has 0 bridgehead atoms. The SMILES string of the molecule is CCOC(=O)C1=NN(c2ccccc2)C(C(C)=O)C1c1ccccc1. The minimum absolute atomic E-state index is 0.0549. The van der Waals surface area contributed by atoms with Crippen LogP contribution in [0, 0.1) is 0 Å². The predicted molar refractivity (Wildman–Crippen MR) is 96.6 cm³/mol. The number of hydrogen-bond donors (Lipinski definition) is 0. The molecule has 0 fully saturated rings. The Hall–Kier alpha value is -2.95. The summed E-state index contributed by atoms with van der Waals surface area (Å²) in [5.41, 5.74) is 1.90. The summed E-state index contributed by atoms with van der Waals surface area (Å²) in [5, 5.41) is 6.12. The fraction of sp³-hybridized carbons (Fsp3) is 0.250. The van der Waals surface area contributed by atoms with Gasteiger partial charge in [-0.05, 0) is 31.5 Å². The highest BCUT2D eigenvalue weighted by atomic mass is 16.5. The third-order valence-corrected chi connectivity index (χ3v) is 4.17. The van der Waals surface area contributed by atoms with E-state index in [1.807, 2.05) is 60.7 Å². The number of ketones is 1. The Morgan fingerprint density at radius 3 is 2.20 bits per heavy atom. The van der Waals surface area contributed by atoms with Crippen molar-refractivity contribution in [3.05, 3.63) is 66.2 Å². The number of esters is 1. The molecule has 5 heteroatoms. The van der Waals surface area contributed by atoms with Crippen LogP contribution < -0.4 is 5.01 Å². The van der Waals surface area contributed by atoms with Gasteiger partial charge in [0.1, 0.15) is 6.04 Å². The molecule has 2 unspecified atom stereocenters. The summed E-state index contributed by atoms with van der Waals surface area (Å²) in [6.45, 7) is 3.54. The maximum atomic E-state index is 12.5. The Kier molecular flexibility index (Phi) is 4.93. The van der Waals surface area contributed by atoms with E-state index in [2.05, 4.69) is 5.10 Å². The lowest BCUT2D eigenvalue weighted by atomic mass is 9.86. The number of benzene rings is 2. The third-order valence-electron chi connectivity index (χ3n) is 4.17. The summed E-state index contributed by atoms with van der Waals surface area (Å²) < 4.78 is 5.18. The van der Waals surface area contributed by atoms with Crippen molar-refractivity contribution in [1.29, 1.82) is 0 Å². The van der Waals surface area contributed by atoms with Crippen molar-refractivity contribution in [2.75, 3.05) is 11.6 Å². The van der Waals surface area contributed by atoms with Gasteiger partial charge in [0.05, 0.1) is 18.2 Å². The zero-order valence-electron chi connectivity index (χ0n) is 14.3. The van der Waals surface area contributed by atoms with Gasteiger partial charge < -0.3 is 4.74 Å². The molecule has 0 spiro atoms. The summed E-state index contributed by atoms with van der Waals surface area (Å²) in [4.78, 5) is 25.0. The molecule has 2 aromatic rings. The van der Waals surface area contributed by atoms with Gasteiger partial charge in [-0.3, -0.25) is 9.80 Å². The molecule has 5 nitrogen and oxygen atoms in total. The van der Waals surface area contributed by atoms with Gasteiger partial charge in [-0.1, -0.05) is 48.5 Å². The zero-order chi connectivity index (χ0) is 17.8. The maximum Gasteiger partial charge on any atom is 0.355 e. The van der Waals surface area contributed by atoms with Gasteiger partial charge in [-0.2, -0.15) is 5.10 Å². The monoisotopic (exact) mass is 336 g/mol. The van der Waals surface area contributed by atoms with Crippen LogP contribution in [0.4, 0.5) is 5.69 Å². The largest absolute Gasteiger partial charge is 0.461 e. The molecule has 0 saturated heterocycles. The maximum absolute atomic E-state index is 12.5. The molecule has 3 rings (SSSR count). The van der Waals surface area contributed by atoms with Crippen LogP contribution in [0.2, 0.25) is 0 Å². The topological polar surface area (TPSA) is 59.0 Å². The van der Waals surface area contributed by atoms with E-state index in [1.165, 1.54) is 6.92 Å². The van der Waals surface area contributed by atoms with E-state index < -0.39 is 17.9 Å². The summed E-state index contributed by atoms with van der Waals surface area (Å²) in [6.07, 6.45) is 0. The van der Waals surface area contributed by atoms with Crippen LogP contribution in [0.15, 0.2) is 65.8 Å². The van der Waals surface area contributed by atoms with E-state index in [9.17, 15) is 9.59 Å². The number of carbonyl (C=O) groups is 2. The van der Waals surface area contributed by atoms with Crippen LogP contribution in [0.25, 0.3) is 0 Å². The second kappa shape index (κ2) is 7.30. The van der Waals surface area contributed by atoms with E-state index in [0.717, 1.165) is 11.3 Å². The van der Waals surface area contributed by atoms with Crippen molar-refractivity contribution >= 4 is 23.2 Å². The number of para-hydroxylation sites is 1. The van der Waals surface area contributed by atoms with Gasteiger partial charge in [0.25, 0.3) is 0 Å². The van der Waals surface area contributed by atoms with Gasteiger partial charge in [0.15, 0.2) is 11.5 Å². The predicted octanol–water partition coefficient (Wildman–Crippen LogP) is 3.17. The molecule has 128 valence electrons. The number of anilines is 1. The Labute approximate surface area is 146 Å². The van der Waals surface area contributed by atoms with E-state index >= 15 is 0 Å². The Balaban J connectivity index is 2.11. The number of hydrogen-bond acceptors (Lipinski definition) is 5. The summed E-state index contributed by atoms with van der Waals surface area (Å²) in [5.74, 6) is -1.00. The van der Waals surface area contributed by atoms with E-state index in [4.69, 9.17) is 4.74 Å². The van der Waals surface area contributed by atoms with Gasteiger partial charge >= 0.3 is 5.97 Å². The molecule has 0 radical (unpaired) electrons. The number of hydrazone groups is 1. The summed E-state index contributed by atoms with van der Waals surface area (Å²) in [6, 6.07) is 18.3. The summed E-state index contributed by atoms with van der Waals surface area (Å²) in [7, 11) is 0. The van der Waals surface area contributed by atoms with Gasteiger partial charge in [-0.25, -0.2) is 4.79 Å². The summed E-state index contributed by atoms with van der Waals surface area (Å²) >= 11 is 0. The lowest BCUT2D eigenvalue weighted by molar-refractivity contribution is -0.135. The Morgan fingerprint density at radius 1 is 1.04 bits per heavy atom. The number of nitrogens with zero attached hydrogens (tertiary/aromatic N) is 2. The lowest BCUT2D eigenvalue weighted by Gasteiger charge is -2.26. The van der Waals surface area contributed by atoms with Crippen molar-refractivity contribution in [3.63, 3.8) is 0 Å². The first-order valence-corrected chi connectivity index (χ1v) is 8.28. The first-order valence-electron chi connectivity index (χ1n) is 8.28. The second-order valence-electron chi connectivity index (χ2n) is 5.83. The molecule has 2 aromatic carbocycles. The lowest BCUT2D eigenvalue weighted by Crippen LogP contribution is -2.39. The quantitative estimate of drug-likeness (QED) is 0.787. The van der Waals surface area contributed by atoms with Crippen molar-refractivity contribution < 1.29 is 14.3 Å². The van der Waals surface area contributed by atoms with Crippen LogP contribution in [-0.2, 0) is 14.3 Å². The minimum Gasteiger partial charge on any atom is -0.461 e. The highest BCUT2D eigenvalue weighted by Crippen LogP contribution is 2.35. The van der Waals surface area contributed by atoms with Crippen molar-refractivity contribution in [2.45, 2.75) is 25.8 Å². The van der Waals surface area contributed by atoms with Gasteiger partial charge in [-0.15, -0.1) is 0 Å². The first kappa shape index (κ1) is 16.9. The van der Waals surface area contributed by atoms with Gasteiger partial charge in [0.2, 0.25) is 0 Å². The van der Waals surface area contributed by atoms with Crippen molar-refractivity contribution in [2.24, 2.45) is 5.10 Å². The molecule has 0 N–H and O–H groups in total. The fourth-order valence-corrected chi connectivity index (χ4v) is 3.11. The average molecular weight is 336 g/mol. The Morgan fingerprint density at radius 2 is 1.64 bits per heavy atom. The highest BCUT2D eigenvalue weighted by Gasteiger charge is 2.45. The first-order chi connectivity index (χ1) is 12.1. The molecule has 2 atom stereocenters. The van der Waals surface area contributed by atoms with Crippen LogP contribution in [-0.4, -0.2) is 30.1 Å². The molecule has 1 aliphatic rings. The number of ether oxygens (including phenoxy) is 1. The molecule has 0 amide bonds. The van der Waals surface area contributed by atoms with E-state index in [-0.39, 0.29) is 18.1 Å².